The maximum atomic E-state index is 5.93. The second-order valence-electron chi connectivity index (χ2n) is 4.91. The van der Waals surface area contributed by atoms with Crippen molar-refractivity contribution < 1.29 is 0 Å². The van der Waals surface area contributed by atoms with E-state index in [2.05, 4.69) is 25.7 Å². The van der Waals surface area contributed by atoms with E-state index in [-0.39, 0.29) is 0 Å². The van der Waals surface area contributed by atoms with Crippen molar-refractivity contribution in [1.82, 2.24) is 4.90 Å². The third kappa shape index (κ3) is 3.65. The minimum atomic E-state index is 0.370. The first-order valence-electron chi connectivity index (χ1n) is 5.57. The van der Waals surface area contributed by atoms with Crippen molar-refractivity contribution in [3.8, 4) is 0 Å². The first kappa shape index (κ1) is 11.0. The van der Waals surface area contributed by atoms with Gasteiger partial charge in [0, 0.05) is 19.1 Å². The van der Waals surface area contributed by atoms with Crippen LogP contribution >= 0.6 is 0 Å². The molecule has 2 unspecified atom stereocenters. The SMILES string of the molecule is CC(C)CN1CCCC(C(C)N)C1. The van der Waals surface area contributed by atoms with Gasteiger partial charge in [0.2, 0.25) is 0 Å². The fourth-order valence-electron chi connectivity index (χ4n) is 2.20. The lowest BCUT2D eigenvalue weighted by molar-refractivity contribution is 0.147. The molecule has 1 saturated heterocycles. The van der Waals surface area contributed by atoms with Gasteiger partial charge in [0.15, 0.2) is 0 Å². The van der Waals surface area contributed by atoms with Gasteiger partial charge in [-0.2, -0.15) is 0 Å². The Morgan fingerprint density at radius 2 is 2.08 bits per heavy atom. The van der Waals surface area contributed by atoms with E-state index in [1.807, 2.05) is 0 Å². The summed E-state index contributed by atoms with van der Waals surface area (Å²) in [5.74, 6) is 1.51. The van der Waals surface area contributed by atoms with Crippen LogP contribution in [0.15, 0.2) is 0 Å². The minimum Gasteiger partial charge on any atom is -0.328 e. The topological polar surface area (TPSA) is 29.3 Å². The quantitative estimate of drug-likeness (QED) is 0.723. The van der Waals surface area contributed by atoms with Crippen LogP contribution in [0.1, 0.15) is 33.6 Å². The molecule has 2 atom stereocenters. The van der Waals surface area contributed by atoms with E-state index in [1.165, 1.54) is 32.5 Å². The van der Waals surface area contributed by atoms with Gasteiger partial charge in [-0.05, 0) is 38.1 Å². The molecule has 1 fully saturated rings. The molecule has 0 aliphatic carbocycles. The highest BCUT2D eigenvalue weighted by molar-refractivity contribution is 4.78. The van der Waals surface area contributed by atoms with Crippen LogP contribution in [0.4, 0.5) is 0 Å². The Balaban J connectivity index is 2.33. The predicted octanol–water partition coefficient (Wildman–Crippen LogP) is 1.70. The highest BCUT2D eigenvalue weighted by Crippen LogP contribution is 2.19. The summed E-state index contributed by atoms with van der Waals surface area (Å²) in [4.78, 5) is 2.57. The summed E-state index contributed by atoms with van der Waals surface area (Å²) in [6.45, 7) is 10.5. The van der Waals surface area contributed by atoms with E-state index < -0.39 is 0 Å². The normalized spacial score (nSPS) is 27.9. The average Bonchev–Trinajstić information content (AvgIpc) is 2.03. The standard InChI is InChI=1S/C11H24N2/c1-9(2)7-13-6-4-5-11(8-13)10(3)12/h9-11H,4-8,12H2,1-3H3. The number of likely N-dealkylation sites (tertiary alicyclic amines) is 1. The van der Waals surface area contributed by atoms with E-state index in [1.54, 1.807) is 0 Å². The van der Waals surface area contributed by atoms with Gasteiger partial charge in [-0.15, -0.1) is 0 Å². The second-order valence-corrected chi connectivity index (χ2v) is 4.91. The summed E-state index contributed by atoms with van der Waals surface area (Å²) in [5, 5.41) is 0. The molecule has 0 bridgehead atoms. The molecule has 0 radical (unpaired) electrons. The summed E-state index contributed by atoms with van der Waals surface area (Å²) in [6, 6.07) is 0.370. The molecule has 1 rings (SSSR count). The zero-order valence-corrected chi connectivity index (χ0v) is 9.29. The van der Waals surface area contributed by atoms with E-state index in [0.717, 1.165) is 11.8 Å². The fraction of sp³-hybridized carbons (Fsp3) is 1.00. The number of rotatable bonds is 3. The summed E-state index contributed by atoms with van der Waals surface area (Å²) >= 11 is 0. The van der Waals surface area contributed by atoms with Crippen molar-refractivity contribution in [1.29, 1.82) is 0 Å². The monoisotopic (exact) mass is 184 g/mol. The van der Waals surface area contributed by atoms with Gasteiger partial charge in [-0.1, -0.05) is 13.8 Å². The molecule has 0 aromatic heterocycles. The van der Waals surface area contributed by atoms with Gasteiger partial charge in [0.25, 0.3) is 0 Å². The third-order valence-electron chi connectivity index (χ3n) is 2.91. The smallest absolute Gasteiger partial charge is 0.00509 e. The molecule has 13 heavy (non-hydrogen) atoms. The average molecular weight is 184 g/mol. The lowest BCUT2D eigenvalue weighted by Gasteiger charge is -2.35. The van der Waals surface area contributed by atoms with Crippen LogP contribution in [0.25, 0.3) is 0 Å². The molecule has 1 aliphatic heterocycles. The molecule has 0 aromatic rings. The number of hydrogen-bond donors (Lipinski definition) is 1. The van der Waals surface area contributed by atoms with Crippen LogP contribution in [-0.2, 0) is 0 Å². The Kier molecular flexibility index (Phi) is 4.20. The van der Waals surface area contributed by atoms with Gasteiger partial charge in [0.1, 0.15) is 0 Å². The van der Waals surface area contributed by atoms with Gasteiger partial charge >= 0.3 is 0 Å². The lowest BCUT2D eigenvalue weighted by atomic mass is 9.92. The van der Waals surface area contributed by atoms with Crippen LogP contribution in [-0.4, -0.2) is 30.6 Å². The van der Waals surface area contributed by atoms with Crippen LogP contribution in [0, 0.1) is 11.8 Å². The van der Waals surface area contributed by atoms with E-state index in [4.69, 9.17) is 5.73 Å². The van der Waals surface area contributed by atoms with Gasteiger partial charge in [-0.25, -0.2) is 0 Å². The predicted molar refractivity (Wildman–Crippen MR) is 57.7 cm³/mol. The third-order valence-corrected chi connectivity index (χ3v) is 2.91. The van der Waals surface area contributed by atoms with E-state index >= 15 is 0 Å². The van der Waals surface area contributed by atoms with E-state index in [9.17, 15) is 0 Å². The van der Waals surface area contributed by atoms with Crippen molar-refractivity contribution in [2.45, 2.75) is 39.7 Å². The zero-order valence-electron chi connectivity index (χ0n) is 9.29. The highest BCUT2D eigenvalue weighted by atomic mass is 15.1. The Morgan fingerprint density at radius 1 is 1.38 bits per heavy atom. The molecular weight excluding hydrogens is 160 g/mol. The number of nitrogens with two attached hydrogens (primary N) is 1. The van der Waals surface area contributed by atoms with E-state index in [0.29, 0.717) is 6.04 Å². The molecule has 2 nitrogen and oxygen atoms in total. The summed E-state index contributed by atoms with van der Waals surface area (Å²) < 4.78 is 0. The number of nitrogens with zero attached hydrogens (tertiary/aromatic N) is 1. The Labute approximate surface area is 82.5 Å². The molecule has 0 spiro atoms. The van der Waals surface area contributed by atoms with Gasteiger partial charge in [-0.3, -0.25) is 0 Å². The summed E-state index contributed by atoms with van der Waals surface area (Å²) in [5.41, 5.74) is 5.93. The number of piperidine rings is 1. The molecule has 1 heterocycles. The van der Waals surface area contributed by atoms with Crippen LogP contribution in [0.3, 0.4) is 0 Å². The van der Waals surface area contributed by atoms with Crippen molar-refractivity contribution in [2.75, 3.05) is 19.6 Å². The minimum absolute atomic E-state index is 0.370. The van der Waals surface area contributed by atoms with Crippen LogP contribution in [0.2, 0.25) is 0 Å². The Bertz CT molecular complexity index is 143. The molecular formula is C11H24N2. The Morgan fingerprint density at radius 3 is 2.62 bits per heavy atom. The number of hydrogen-bond acceptors (Lipinski definition) is 2. The largest absolute Gasteiger partial charge is 0.328 e. The highest BCUT2D eigenvalue weighted by Gasteiger charge is 2.22. The summed E-state index contributed by atoms with van der Waals surface area (Å²) in [7, 11) is 0. The Hall–Kier alpha value is -0.0800. The van der Waals surface area contributed by atoms with Crippen LogP contribution < -0.4 is 5.73 Å². The van der Waals surface area contributed by atoms with Crippen molar-refractivity contribution in [3.05, 3.63) is 0 Å². The molecule has 0 aromatic carbocycles. The molecule has 1 aliphatic rings. The van der Waals surface area contributed by atoms with Crippen molar-refractivity contribution in [3.63, 3.8) is 0 Å². The van der Waals surface area contributed by atoms with Gasteiger partial charge < -0.3 is 10.6 Å². The lowest BCUT2D eigenvalue weighted by Crippen LogP contribution is -2.43. The maximum Gasteiger partial charge on any atom is 0.00509 e. The van der Waals surface area contributed by atoms with Crippen LogP contribution in [0.5, 0.6) is 0 Å². The first-order valence-corrected chi connectivity index (χ1v) is 5.57. The van der Waals surface area contributed by atoms with Gasteiger partial charge in [0.05, 0.1) is 0 Å². The maximum absolute atomic E-state index is 5.93. The molecule has 0 saturated carbocycles. The molecule has 78 valence electrons. The first-order chi connectivity index (χ1) is 6.09. The van der Waals surface area contributed by atoms with Crippen molar-refractivity contribution in [2.24, 2.45) is 17.6 Å². The summed E-state index contributed by atoms with van der Waals surface area (Å²) in [6.07, 6.45) is 2.66. The molecule has 0 amide bonds. The zero-order chi connectivity index (χ0) is 9.84. The second kappa shape index (κ2) is 4.97. The molecule has 2 N–H and O–H groups in total. The van der Waals surface area contributed by atoms with Crippen molar-refractivity contribution >= 4 is 0 Å². The molecule has 2 heteroatoms. The fourth-order valence-corrected chi connectivity index (χ4v) is 2.20.